The van der Waals surface area contributed by atoms with E-state index in [-0.39, 0.29) is 6.09 Å². The second-order valence-electron chi connectivity index (χ2n) is 8.82. The summed E-state index contributed by atoms with van der Waals surface area (Å²) in [6, 6.07) is 14.5. The van der Waals surface area contributed by atoms with Crippen molar-refractivity contribution >= 4 is 6.09 Å². The molecule has 28 heavy (non-hydrogen) atoms. The number of aryl methyl sites for hydroxylation is 1. The highest BCUT2D eigenvalue weighted by Gasteiger charge is 2.36. The predicted molar refractivity (Wildman–Crippen MR) is 112 cm³/mol. The van der Waals surface area contributed by atoms with Gasteiger partial charge in [-0.25, -0.2) is 4.79 Å². The maximum atomic E-state index is 12.2. The van der Waals surface area contributed by atoms with Crippen LogP contribution in [0.4, 0.5) is 4.79 Å². The van der Waals surface area contributed by atoms with Crippen molar-refractivity contribution in [2.24, 2.45) is 0 Å². The molecule has 1 fully saturated rings. The van der Waals surface area contributed by atoms with Gasteiger partial charge in [-0.3, -0.25) is 0 Å². The van der Waals surface area contributed by atoms with Crippen LogP contribution in [0.5, 0.6) is 0 Å². The van der Waals surface area contributed by atoms with Gasteiger partial charge in [-0.05, 0) is 75.3 Å². The first kappa shape index (κ1) is 20.4. The second-order valence-corrected chi connectivity index (χ2v) is 8.82. The Morgan fingerprint density at radius 2 is 1.64 bits per heavy atom. The Bertz CT molecular complexity index is 841. The Morgan fingerprint density at radius 3 is 2.21 bits per heavy atom. The molecule has 4 nitrogen and oxygen atoms in total. The number of nitrogens with zero attached hydrogens (tertiary/aromatic N) is 1. The van der Waals surface area contributed by atoms with Crippen LogP contribution in [-0.4, -0.2) is 34.8 Å². The van der Waals surface area contributed by atoms with Gasteiger partial charge in [0.25, 0.3) is 0 Å². The Kier molecular flexibility index (Phi) is 5.53. The molecule has 0 bridgehead atoms. The largest absolute Gasteiger partial charge is 0.444 e. The summed E-state index contributed by atoms with van der Waals surface area (Å²) in [6.07, 6.45) is 0.712. The first-order valence-electron chi connectivity index (χ1n) is 9.96. The highest BCUT2D eigenvalue weighted by Crippen LogP contribution is 2.35. The summed E-state index contributed by atoms with van der Waals surface area (Å²) in [5, 5.41) is 11.2. The minimum absolute atomic E-state index is 0.306. The first-order chi connectivity index (χ1) is 13.1. The summed E-state index contributed by atoms with van der Waals surface area (Å²) in [4.78, 5) is 13.9. The maximum absolute atomic E-state index is 12.2. The average Bonchev–Trinajstić information content (AvgIpc) is 2.63. The molecule has 1 aliphatic rings. The lowest BCUT2D eigenvalue weighted by Gasteiger charge is -2.39. The van der Waals surface area contributed by atoms with Crippen LogP contribution in [0, 0.1) is 13.8 Å². The normalized spacial score (nSPS) is 16.7. The Morgan fingerprint density at radius 1 is 1.04 bits per heavy atom. The van der Waals surface area contributed by atoms with Crippen LogP contribution in [-0.2, 0) is 10.3 Å². The summed E-state index contributed by atoms with van der Waals surface area (Å²) in [6.45, 7) is 10.8. The first-order valence-corrected chi connectivity index (χ1v) is 9.96. The van der Waals surface area contributed by atoms with Gasteiger partial charge in [-0.2, -0.15) is 0 Å². The molecule has 0 aromatic heterocycles. The number of hydrogen-bond acceptors (Lipinski definition) is 3. The van der Waals surface area contributed by atoms with Crippen LogP contribution in [0.25, 0.3) is 11.1 Å². The number of amides is 1. The number of rotatable bonds is 2. The van der Waals surface area contributed by atoms with Crippen LogP contribution in [0.1, 0.15) is 50.3 Å². The predicted octanol–water partition coefficient (Wildman–Crippen LogP) is 5.19. The van der Waals surface area contributed by atoms with Crippen LogP contribution in [0.2, 0.25) is 0 Å². The molecule has 0 atom stereocenters. The molecule has 150 valence electrons. The fourth-order valence-corrected chi connectivity index (χ4v) is 3.70. The van der Waals surface area contributed by atoms with Gasteiger partial charge in [0.05, 0.1) is 5.60 Å². The van der Waals surface area contributed by atoms with Gasteiger partial charge in [0.2, 0.25) is 0 Å². The number of aliphatic hydroxyl groups is 1. The molecular formula is C24H31NO3. The number of likely N-dealkylation sites (tertiary alicyclic amines) is 1. The van der Waals surface area contributed by atoms with Crippen molar-refractivity contribution in [2.45, 2.75) is 58.7 Å². The standard InChI is InChI=1S/C24H31NO3/c1-17-7-6-8-21(18(17)2)19-9-11-20(12-10-19)24(27)13-15-25(16-14-24)22(26)28-23(3,4)5/h6-12,27H,13-16H2,1-5H3. The number of carbonyl (C=O) groups is 1. The number of carbonyl (C=O) groups excluding carboxylic acids is 1. The highest BCUT2D eigenvalue weighted by atomic mass is 16.6. The van der Waals surface area contributed by atoms with E-state index in [1.54, 1.807) is 4.90 Å². The molecule has 0 saturated carbocycles. The number of benzene rings is 2. The molecule has 1 heterocycles. The molecule has 1 N–H and O–H groups in total. The van der Waals surface area contributed by atoms with Gasteiger partial charge >= 0.3 is 6.09 Å². The van der Waals surface area contributed by atoms with Crippen LogP contribution >= 0.6 is 0 Å². The zero-order valence-electron chi connectivity index (χ0n) is 17.6. The maximum Gasteiger partial charge on any atom is 0.410 e. The van der Waals surface area contributed by atoms with E-state index in [4.69, 9.17) is 4.74 Å². The molecule has 3 rings (SSSR count). The van der Waals surface area contributed by atoms with Crippen LogP contribution in [0.15, 0.2) is 42.5 Å². The third-order valence-electron chi connectivity index (χ3n) is 5.58. The van der Waals surface area contributed by atoms with Gasteiger partial charge in [0, 0.05) is 13.1 Å². The summed E-state index contributed by atoms with van der Waals surface area (Å²) in [5.41, 5.74) is 4.42. The Labute approximate surface area is 168 Å². The zero-order chi connectivity index (χ0) is 20.5. The number of ether oxygens (including phenoxy) is 1. The van der Waals surface area contributed by atoms with Crippen LogP contribution < -0.4 is 0 Å². The molecular weight excluding hydrogens is 350 g/mol. The lowest BCUT2D eigenvalue weighted by atomic mass is 9.83. The summed E-state index contributed by atoms with van der Waals surface area (Å²) < 4.78 is 5.44. The molecule has 1 aliphatic heterocycles. The third-order valence-corrected chi connectivity index (χ3v) is 5.58. The fourth-order valence-electron chi connectivity index (χ4n) is 3.70. The van der Waals surface area contributed by atoms with Crippen molar-refractivity contribution in [1.29, 1.82) is 0 Å². The molecule has 2 aromatic carbocycles. The topological polar surface area (TPSA) is 49.8 Å². The van der Waals surface area contributed by atoms with Gasteiger partial charge in [0.1, 0.15) is 5.60 Å². The van der Waals surface area contributed by atoms with Gasteiger partial charge in [-0.1, -0.05) is 42.5 Å². The zero-order valence-corrected chi connectivity index (χ0v) is 17.6. The lowest BCUT2D eigenvalue weighted by Crippen LogP contribution is -2.46. The summed E-state index contributed by atoms with van der Waals surface area (Å²) in [5.74, 6) is 0. The monoisotopic (exact) mass is 381 g/mol. The highest BCUT2D eigenvalue weighted by molar-refractivity contribution is 5.69. The van der Waals surface area contributed by atoms with Gasteiger partial charge < -0.3 is 14.7 Å². The molecule has 4 heteroatoms. The molecule has 0 aliphatic carbocycles. The third kappa shape index (κ3) is 4.39. The van der Waals surface area contributed by atoms with Crippen molar-refractivity contribution in [3.8, 4) is 11.1 Å². The van der Waals surface area contributed by atoms with Crippen molar-refractivity contribution in [3.05, 3.63) is 59.2 Å². The molecule has 0 spiro atoms. The van der Waals surface area contributed by atoms with Crippen molar-refractivity contribution in [2.75, 3.05) is 13.1 Å². The van der Waals surface area contributed by atoms with Gasteiger partial charge in [0.15, 0.2) is 0 Å². The quantitative estimate of drug-likeness (QED) is 0.779. The minimum Gasteiger partial charge on any atom is -0.444 e. The average molecular weight is 382 g/mol. The van der Waals surface area contributed by atoms with E-state index in [0.29, 0.717) is 25.9 Å². The van der Waals surface area contributed by atoms with Gasteiger partial charge in [-0.15, -0.1) is 0 Å². The lowest BCUT2D eigenvalue weighted by molar-refractivity contribution is -0.0356. The Hall–Kier alpha value is -2.33. The molecule has 0 unspecified atom stereocenters. The molecule has 1 saturated heterocycles. The van der Waals surface area contributed by atoms with Crippen LogP contribution in [0.3, 0.4) is 0 Å². The van der Waals surface area contributed by atoms with E-state index in [1.807, 2.05) is 32.9 Å². The van der Waals surface area contributed by atoms with Crippen molar-refractivity contribution in [3.63, 3.8) is 0 Å². The van der Waals surface area contributed by atoms with E-state index in [2.05, 4.69) is 44.2 Å². The summed E-state index contributed by atoms with van der Waals surface area (Å²) >= 11 is 0. The second kappa shape index (κ2) is 7.59. The summed E-state index contributed by atoms with van der Waals surface area (Å²) in [7, 11) is 0. The molecule has 0 radical (unpaired) electrons. The smallest absolute Gasteiger partial charge is 0.410 e. The number of hydrogen-bond donors (Lipinski definition) is 1. The van der Waals surface area contributed by atoms with E-state index in [0.717, 1.165) is 11.1 Å². The van der Waals surface area contributed by atoms with E-state index >= 15 is 0 Å². The molecule has 2 aromatic rings. The van der Waals surface area contributed by atoms with E-state index < -0.39 is 11.2 Å². The van der Waals surface area contributed by atoms with E-state index in [9.17, 15) is 9.90 Å². The van der Waals surface area contributed by atoms with Crippen molar-refractivity contribution < 1.29 is 14.6 Å². The molecule has 1 amide bonds. The SMILES string of the molecule is Cc1cccc(-c2ccc(C3(O)CCN(C(=O)OC(C)(C)C)CC3)cc2)c1C. The Balaban J connectivity index is 1.71. The fraction of sp³-hybridized carbons (Fsp3) is 0.458. The minimum atomic E-state index is -0.904. The number of piperidine rings is 1. The van der Waals surface area contributed by atoms with E-state index in [1.165, 1.54) is 16.7 Å². The van der Waals surface area contributed by atoms with Crippen molar-refractivity contribution in [1.82, 2.24) is 4.90 Å².